The molecule has 2 amide bonds. The molecule has 0 spiro atoms. The average molecular weight is 479 g/mol. The second-order valence-corrected chi connectivity index (χ2v) is 10.0. The summed E-state index contributed by atoms with van der Waals surface area (Å²) >= 11 is 0. The highest BCUT2D eigenvalue weighted by molar-refractivity contribution is 5.87. The Kier molecular flexibility index (Phi) is 7.15. The molecule has 2 aromatic carbocycles. The van der Waals surface area contributed by atoms with E-state index in [-0.39, 0.29) is 30.9 Å². The number of ether oxygens (including phenoxy) is 1. The minimum absolute atomic E-state index is 0.0614. The Labute approximate surface area is 206 Å². The molecule has 1 saturated heterocycles. The number of fused-ring (bicyclic) bond motifs is 3. The Hall–Kier alpha value is -3.35. The Balaban J connectivity index is 1.43. The van der Waals surface area contributed by atoms with E-state index in [0.717, 1.165) is 35.1 Å². The molecule has 1 aliphatic carbocycles. The number of nitrogens with one attached hydrogen (secondary N) is 1. The van der Waals surface area contributed by atoms with Crippen molar-refractivity contribution in [1.82, 2.24) is 10.2 Å². The van der Waals surface area contributed by atoms with Gasteiger partial charge in [0.05, 0.1) is 5.41 Å². The van der Waals surface area contributed by atoms with Crippen molar-refractivity contribution in [2.75, 3.05) is 19.7 Å². The van der Waals surface area contributed by atoms with Gasteiger partial charge in [0.15, 0.2) is 0 Å². The number of hydrogen-bond donors (Lipinski definition) is 2. The molecule has 186 valence electrons. The normalized spacial score (nSPS) is 21.8. The summed E-state index contributed by atoms with van der Waals surface area (Å²) in [4.78, 5) is 39.5. The highest BCUT2D eigenvalue weighted by Gasteiger charge is 2.48. The first-order chi connectivity index (χ1) is 16.8. The van der Waals surface area contributed by atoms with Gasteiger partial charge < -0.3 is 20.1 Å². The van der Waals surface area contributed by atoms with E-state index in [1.807, 2.05) is 38.1 Å². The summed E-state index contributed by atoms with van der Waals surface area (Å²) in [6, 6.07) is 15.5. The molecule has 2 aromatic rings. The van der Waals surface area contributed by atoms with Crippen LogP contribution in [0.4, 0.5) is 4.79 Å². The van der Waals surface area contributed by atoms with Crippen molar-refractivity contribution < 1.29 is 24.2 Å². The highest BCUT2D eigenvalue weighted by Crippen LogP contribution is 2.44. The predicted molar refractivity (Wildman–Crippen MR) is 133 cm³/mol. The number of carbonyl (C=O) groups is 3. The number of carboxylic acid groups (broad SMARTS) is 1. The van der Waals surface area contributed by atoms with E-state index >= 15 is 0 Å². The van der Waals surface area contributed by atoms with Crippen molar-refractivity contribution >= 4 is 18.0 Å². The Morgan fingerprint density at radius 2 is 1.71 bits per heavy atom. The molecule has 35 heavy (non-hydrogen) atoms. The number of aliphatic carboxylic acids is 1. The van der Waals surface area contributed by atoms with Crippen LogP contribution >= 0.6 is 0 Å². The van der Waals surface area contributed by atoms with E-state index in [1.54, 1.807) is 11.8 Å². The van der Waals surface area contributed by atoms with Crippen molar-refractivity contribution in [3.8, 4) is 11.1 Å². The fraction of sp³-hybridized carbons (Fsp3) is 0.464. The minimum Gasteiger partial charge on any atom is -0.481 e. The number of likely N-dealkylation sites (tertiary alicyclic amines) is 1. The first-order valence-electron chi connectivity index (χ1n) is 12.4. The summed E-state index contributed by atoms with van der Waals surface area (Å²) in [7, 11) is 0. The van der Waals surface area contributed by atoms with E-state index in [9.17, 15) is 19.5 Å². The van der Waals surface area contributed by atoms with Crippen LogP contribution in [-0.2, 0) is 14.3 Å². The number of hydrogen-bond acceptors (Lipinski definition) is 4. The van der Waals surface area contributed by atoms with Gasteiger partial charge in [0, 0.05) is 19.0 Å². The van der Waals surface area contributed by atoms with Gasteiger partial charge in [-0.2, -0.15) is 0 Å². The number of rotatable bonds is 8. The summed E-state index contributed by atoms with van der Waals surface area (Å²) in [6.07, 6.45) is 1.49. The number of carboxylic acids is 1. The van der Waals surface area contributed by atoms with Gasteiger partial charge in [-0.1, -0.05) is 75.2 Å². The Bertz CT molecular complexity index is 1070. The Morgan fingerprint density at radius 3 is 2.26 bits per heavy atom. The van der Waals surface area contributed by atoms with E-state index < -0.39 is 23.5 Å². The molecule has 0 radical (unpaired) electrons. The quantitative estimate of drug-likeness (QED) is 0.576. The lowest BCUT2D eigenvalue weighted by molar-refractivity contribution is -0.149. The van der Waals surface area contributed by atoms with E-state index in [4.69, 9.17) is 4.74 Å². The smallest absolute Gasteiger partial charge is 0.407 e. The second-order valence-electron chi connectivity index (χ2n) is 10.0. The zero-order valence-corrected chi connectivity index (χ0v) is 20.6. The number of carbonyl (C=O) groups excluding carboxylic acids is 2. The van der Waals surface area contributed by atoms with Gasteiger partial charge in [-0.3, -0.25) is 9.59 Å². The number of unbranched alkanes of at least 4 members (excludes halogenated alkanes) is 1. The van der Waals surface area contributed by atoms with Gasteiger partial charge in [0.1, 0.15) is 12.6 Å². The molecular weight excluding hydrogens is 444 g/mol. The molecule has 2 aliphatic rings. The zero-order chi connectivity index (χ0) is 25.2. The first-order valence-corrected chi connectivity index (χ1v) is 12.4. The summed E-state index contributed by atoms with van der Waals surface area (Å²) < 4.78 is 5.65. The van der Waals surface area contributed by atoms with Gasteiger partial charge >= 0.3 is 12.1 Å². The third-order valence-corrected chi connectivity index (χ3v) is 7.68. The van der Waals surface area contributed by atoms with Gasteiger partial charge in [0.25, 0.3) is 0 Å². The lowest BCUT2D eigenvalue weighted by atomic mass is 9.81. The maximum Gasteiger partial charge on any atom is 0.407 e. The molecule has 1 heterocycles. The largest absolute Gasteiger partial charge is 0.481 e. The van der Waals surface area contributed by atoms with Crippen LogP contribution in [0.25, 0.3) is 11.1 Å². The maximum absolute atomic E-state index is 13.3. The van der Waals surface area contributed by atoms with Crippen molar-refractivity contribution in [3.63, 3.8) is 0 Å². The molecule has 2 N–H and O–H groups in total. The average Bonchev–Trinajstić information content (AvgIpc) is 3.34. The van der Waals surface area contributed by atoms with E-state index in [2.05, 4.69) is 29.6 Å². The van der Waals surface area contributed by atoms with Gasteiger partial charge in [-0.05, 0) is 41.5 Å². The zero-order valence-electron chi connectivity index (χ0n) is 20.6. The fourth-order valence-corrected chi connectivity index (χ4v) is 5.26. The first kappa shape index (κ1) is 24.8. The van der Waals surface area contributed by atoms with E-state index in [0.29, 0.717) is 13.0 Å². The molecular formula is C28H34N2O5. The molecule has 0 saturated carbocycles. The van der Waals surface area contributed by atoms with Crippen molar-refractivity contribution in [2.45, 2.75) is 52.0 Å². The molecule has 1 fully saturated rings. The maximum atomic E-state index is 13.3. The molecule has 4 rings (SSSR count). The van der Waals surface area contributed by atoms with Crippen LogP contribution in [0.1, 0.15) is 57.1 Å². The number of nitrogens with zero attached hydrogens (tertiary/aromatic N) is 1. The van der Waals surface area contributed by atoms with Crippen LogP contribution in [0, 0.1) is 11.3 Å². The summed E-state index contributed by atoms with van der Waals surface area (Å²) in [5.74, 6) is -1.39. The number of alkyl carbamates (subject to hydrolysis) is 1. The summed E-state index contributed by atoms with van der Waals surface area (Å²) in [5.41, 5.74) is 3.56. The lowest BCUT2D eigenvalue weighted by Gasteiger charge is -2.26. The topological polar surface area (TPSA) is 95.9 Å². The third-order valence-electron chi connectivity index (χ3n) is 7.68. The molecule has 0 aromatic heterocycles. The van der Waals surface area contributed by atoms with Crippen LogP contribution in [-0.4, -0.2) is 53.7 Å². The number of benzene rings is 2. The molecule has 1 aliphatic heterocycles. The third kappa shape index (κ3) is 4.77. The molecule has 3 atom stereocenters. The molecule has 7 heteroatoms. The summed E-state index contributed by atoms with van der Waals surface area (Å²) in [6.45, 7) is 6.21. The lowest BCUT2D eigenvalue weighted by Crippen LogP contribution is -2.49. The molecule has 0 bridgehead atoms. The SMILES string of the molecule is CCCCC(NC(=O)OCC1c2ccccc2-c2ccccc21)C(=O)N1CC(C)C(C)(C(=O)O)C1. The van der Waals surface area contributed by atoms with Crippen molar-refractivity contribution in [2.24, 2.45) is 11.3 Å². The molecule has 3 unspecified atom stereocenters. The van der Waals surface area contributed by atoms with Crippen LogP contribution in [0.15, 0.2) is 48.5 Å². The number of amides is 2. The monoisotopic (exact) mass is 478 g/mol. The van der Waals surface area contributed by atoms with Crippen LogP contribution < -0.4 is 5.32 Å². The van der Waals surface area contributed by atoms with Crippen molar-refractivity contribution in [3.05, 3.63) is 59.7 Å². The second kappa shape index (κ2) is 10.1. The van der Waals surface area contributed by atoms with Gasteiger partial charge in [-0.25, -0.2) is 4.79 Å². The standard InChI is InChI=1S/C28H34N2O5/c1-4-5-14-24(25(31)30-15-18(2)28(3,17-30)26(32)33)29-27(34)35-16-23-21-12-8-6-10-19(21)20-11-7-9-13-22(20)23/h6-13,18,23-24H,4-5,14-17H2,1-3H3,(H,29,34)(H,32,33). The van der Waals surface area contributed by atoms with Gasteiger partial charge in [0.2, 0.25) is 5.91 Å². The van der Waals surface area contributed by atoms with Crippen LogP contribution in [0.5, 0.6) is 0 Å². The van der Waals surface area contributed by atoms with E-state index in [1.165, 1.54) is 0 Å². The fourth-order valence-electron chi connectivity index (χ4n) is 5.26. The van der Waals surface area contributed by atoms with Crippen molar-refractivity contribution in [1.29, 1.82) is 0 Å². The highest BCUT2D eigenvalue weighted by atomic mass is 16.5. The predicted octanol–water partition coefficient (Wildman–Crippen LogP) is 4.65. The molecule has 7 nitrogen and oxygen atoms in total. The Morgan fingerprint density at radius 1 is 1.11 bits per heavy atom. The van der Waals surface area contributed by atoms with Gasteiger partial charge in [-0.15, -0.1) is 0 Å². The minimum atomic E-state index is -0.991. The summed E-state index contributed by atoms with van der Waals surface area (Å²) in [5, 5.41) is 12.4. The van der Waals surface area contributed by atoms with Crippen LogP contribution in [0.3, 0.4) is 0 Å². The van der Waals surface area contributed by atoms with Crippen LogP contribution in [0.2, 0.25) is 0 Å².